The Balaban J connectivity index is 2.47. The molecule has 5 heteroatoms. The molecule has 0 aliphatic carbocycles. The van der Waals surface area contributed by atoms with Gasteiger partial charge in [-0.15, -0.1) is 0 Å². The molecule has 3 N–H and O–H groups in total. The van der Waals surface area contributed by atoms with Gasteiger partial charge in [0.05, 0.1) is 17.3 Å². The topological polar surface area (TPSA) is 63.9 Å². The molecule has 0 aliphatic heterocycles. The second-order valence-electron chi connectivity index (χ2n) is 3.95. The Morgan fingerprint density at radius 3 is 2.78 bits per heavy atom. The lowest BCUT2D eigenvalue weighted by Crippen LogP contribution is -1.96. The lowest BCUT2D eigenvalue weighted by Gasteiger charge is -2.08. The number of nitrogens with zero attached hydrogens (tertiary/aromatic N) is 1. The molecule has 0 unspecified atom stereocenters. The van der Waals surface area contributed by atoms with Crippen molar-refractivity contribution < 1.29 is 4.74 Å². The maximum atomic E-state index is 5.62. The van der Waals surface area contributed by atoms with Crippen LogP contribution in [0.1, 0.15) is 18.2 Å². The first-order valence-electron chi connectivity index (χ1n) is 5.81. The minimum atomic E-state index is 0.435. The highest BCUT2D eigenvalue weighted by Gasteiger charge is 2.13. The molecular formula is C13H16BrN3O. The highest BCUT2D eigenvalue weighted by Crippen LogP contribution is 2.31. The second kappa shape index (κ2) is 5.54. The zero-order valence-electron chi connectivity index (χ0n) is 10.5. The fourth-order valence-electron chi connectivity index (χ4n) is 1.89. The van der Waals surface area contributed by atoms with Gasteiger partial charge in [-0.05, 0) is 46.1 Å². The SMILES string of the molecule is CCc1cc(-c2n[nH]c(CN)c2Br)ccc1OC. The summed E-state index contributed by atoms with van der Waals surface area (Å²) in [5.41, 5.74) is 9.62. The van der Waals surface area contributed by atoms with Gasteiger partial charge in [-0.25, -0.2) is 0 Å². The molecule has 1 aromatic heterocycles. The Kier molecular flexibility index (Phi) is 4.04. The van der Waals surface area contributed by atoms with Crippen molar-refractivity contribution in [2.45, 2.75) is 19.9 Å². The van der Waals surface area contributed by atoms with Crippen molar-refractivity contribution in [2.24, 2.45) is 5.73 Å². The standard InChI is InChI=1S/C13H16BrN3O/c1-3-8-6-9(4-5-11(8)18-2)13-12(14)10(7-15)16-17-13/h4-6H,3,7,15H2,1-2H3,(H,16,17). The summed E-state index contributed by atoms with van der Waals surface area (Å²) in [5, 5.41) is 7.23. The molecule has 1 aromatic carbocycles. The Morgan fingerprint density at radius 1 is 1.44 bits per heavy atom. The van der Waals surface area contributed by atoms with Crippen LogP contribution in [-0.2, 0) is 13.0 Å². The van der Waals surface area contributed by atoms with Gasteiger partial charge in [-0.3, -0.25) is 5.10 Å². The normalized spacial score (nSPS) is 10.7. The summed E-state index contributed by atoms with van der Waals surface area (Å²) in [4.78, 5) is 0. The van der Waals surface area contributed by atoms with E-state index in [-0.39, 0.29) is 0 Å². The lowest BCUT2D eigenvalue weighted by atomic mass is 10.1. The van der Waals surface area contributed by atoms with Crippen LogP contribution in [0.4, 0.5) is 0 Å². The Labute approximate surface area is 115 Å². The Morgan fingerprint density at radius 2 is 2.22 bits per heavy atom. The summed E-state index contributed by atoms with van der Waals surface area (Å²) in [6.07, 6.45) is 0.919. The molecule has 0 saturated heterocycles. The van der Waals surface area contributed by atoms with E-state index >= 15 is 0 Å². The fraction of sp³-hybridized carbons (Fsp3) is 0.308. The smallest absolute Gasteiger partial charge is 0.122 e. The number of nitrogens with two attached hydrogens (primary N) is 1. The predicted molar refractivity (Wildman–Crippen MR) is 75.5 cm³/mol. The monoisotopic (exact) mass is 309 g/mol. The van der Waals surface area contributed by atoms with Gasteiger partial charge in [0.2, 0.25) is 0 Å². The van der Waals surface area contributed by atoms with Gasteiger partial charge in [0, 0.05) is 12.1 Å². The van der Waals surface area contributed by atoms with Gasteiger partial charge >= 0.3 is 0 Å². The number of H-pyrrole nitrogens is 1. The van der Waals surface area contributed by atoms with Gasteiger partial charge in [-0.1, -0.05) is 6.92 Å². The molecule has 0 aliphatic rings. The number of benzene rings is 1. The van der Waals surface area contributed by atoms with Gasteiger partial charge in [-0.2, -0.15) is 5.10 Å². The average molecular weight is 310 g/mol. The number of ether oxygens (including phenoxy) is 1. The van der Waals surface area contributed by atoms with Gasteiger partial charge in [0.1, 0.15) is 11.4 Å². The molecule has 18 heavy (non-hydrogen) atoms. The maximum absolute atomic E-state index is 5.62. The van der Waals surface area contributed by atoms with Crippen molar-refractivity contribution in [3.05, 3.63) is 33.9 Å². The van der Waals surface area contributed by atoms with E-state index in [1.54, 1.807) is 7.11 Å². The first kappa shape index (κ1) is 13.1. The van der Waals surface area contributed by atoms with Crippen LogP contribution >= 0.6 is 15.9 Å². The molecular weight excluding hydrogens is 294 g/mol. The van der Waals surface area contributed by atoms with Crippen molar-refractivity contribution in [1.82, 2.24) is 10.2 Å². The van der Waals surface area contributed by atoms with Crippen molar-refractivity contribution in [3.63, 3.8) is 0 Å². The van der Waals surface area contributed by atoms with Crippen LogP contribution in [0.2, 0.25) is 0 Å². The molecule has 0 saturated carbocycles. The van der Waals surface area contributed by atoms with E-state index < -0.39 is 0 Å². The van der Waals surface area contributed by atoms with E-state index in [1.165, 1.54) is 5.56 Å². The number of aromatic amines is 1. The van der Waals surface area contributed by atoms with E-state index in [2.05, 4.69) is 39.1 Å². The quantitative estimate of drug-likeness (QED) is 0.912. The Hall–Kier alpha value is -1.33. The van der Waals surface area contributed by atoms with Crippen LogP contribution < -0.4 is 10.5 Å². The zero-order valence-corrected chi connectivity index (χ0v) is 12.0. The minimum absolute atomic E-state index is 0.435. The first-order valence-corrected chi connectivity index (χ1v) is 6.60. The number of aromatic nitrogens is 2. The average Bonchev–Trinajstić information content (AvgIpc) is 2.79. The van der Waals surface area contributed by atoms with Gasteiger partial charge in [0.15, 0.2) is 0 Å². The fourth-order valence-corrected chi connectivity index (χ4v) is 2.46. The number of hydrogen-bond donors (Lipinski definition) is 2. The third-order valence-corrected chi connectivity index (χ3v) is 3.77. The van der Waals surface area contributed by atoms with Crippen molar-refractivity contribution in [3.8, 4) is 17.0 Å². The molecule has 2 aromatic rings. The first-order chi connectivity index (χ1) is 8.71. The third-order valence-electron chi connectivity index (χ3n) is 2.91. The van der Waals surface area contributed by atoms with E-state index in [0.717, 1.165) is 33.6 Å². The number of halogens is 1. The molecule has 4 nitrogen and oxygen atoms in total. The third kappa shape index (κ3) is 2.28. The number of aryl methyl sites for hydroxylation is 1. The van der Waals surface area contributed by atoms with Crippen LogP contribution in [0, 0.1) is 0 Å². The summed E-state index contributed by atoms with van der Waals surface area (Å²) in [6.45, 7) is 2.54. The largest absolute Gasteiger partial charge is 0.496 e. The van der Waals surface area contributed by atoms with Crippen molar-refractivity contribution in [2.75, 3.05) is 7.11 Å². The molecule has 0 spiro atoms. The molecule has 0 bridgehead atoms. The van der Waals surface area contributed by atoms with Crippen LogP contribution in [0.15, 0.2) is 22.7 Å². The maximum Gasteiger partial charge on any atom is 0.122 e. The van der Waals surface area contributed by atoms with Crippen molar-refractivity contribution >= 4 is 15.9 Å². The molecule has 0 atom stereocenters. The number of methoxy groups -OCH3 is 1. The summed E-state index contributed by atoms with van der Waals surface area (Å²) >= 11 is 3.53. The highest BCUT2D eigenvalue weighted by atomic mass is 79.9. The van der Waals surface area contributed by atoms with E-state index in [9.17, 15) is 0 Å². The highest BCUT2D eigenvalue weighted by molar-refractivity contribution is 9.10. The van der Waals surface area contributed by atoms with Gasteiger partial charge in [0.25, 0.3) is 0 Å². The Bertz CT molecular complexity index is 551. The zero-order chi connectivity index (χ0) is 13.1. The van der Waals surface area contributed by atoms with Crippen molar-refractivity contribution in [1.29, 1.82) is 0 Å². The number of nitrogens with one attached hydrogen (secondary N) is 1. The van der Waals surface area contributed by atoms with Crippen LogP contribution in [0.5, 0.6) is 5.75 Å². The van der Waals surface area contributed by atoms with E-state index in [1.807, 2.05) is 12.1 Å². The number of rotatable bonds is 4. The van der Waals surface area contributed by atoms with Crippen LogP contribution in [0.3, 0.4) is 0 Å². The predicted octanol–water partition coefficient (Wildman–Crippen LogP) is 2.87. The van der Waals surface area contributed by atoms with E-state index in [0.29, 0.717) is 6.54 Å². The molecule has 0 fully saturated rings. The summed E-state index contributed by atoms with van der Waals surface area (Å²) < 4.78 is 6.25. The molecule has 2 rings (SSSR count). The lowest BCUT2D eigenvalue weighted by molar-refractivity contribution is 0.410. The van der Waals surface area contributed by atoms with E-state index in [4.69, 9.17) is 10.5 Å². The van der Waals surface area contributed by atoms with Crippen LogP contribution in [0.25, 0.3) is 11.3 Å². The molecule has 96 valence electrons. The summed E-state index contributed by atoms with van der Waals surface area (Å²) in [7, 11) is 1.69. The van der Waals surface area contributed by atoms with Crippen LogP contribution in [-0.4, -0.2) is 17.3 Å². The molecule has 1 heterocycles. The molecule has 0 radical (unpaired) electrons. The molecule has 0 amide bonds. The number of hydrogen-bond acceptors (Lipinski definition) is 3. The minimum Gasteiger partial charge on any atom is -0.496 e. The van der Waals surface area contributed by atoms with Gasteiger partial charge < -0.3 is 10.5 Å². The summed E-state index contributed by atoms with van der Waals surface area (Å²) in [5.74, 6) is 0.909. The second-order valence-corrected chi connectivity index (χ2v) is 4.74. The summed E-state index contributed by atoms with van der Waals surface area (Å²) in [6, 6.07) is 6.07.